The molecular formula is C13H19N3O2. The first-order valence-corrected chi connectivity index (χ1v) is 6.00. The van der Waals surface area contributed by atoms with E-state index in [0.717, 1.165) is 0 Å². The van der Waals surface area contributed by atoms with Crippen LogP contribution in [0.25, 0.3) is 0 Å². The smallest absolute Gasteiger partial charge is 0.240 e. The van der Waals surface area contributed by atoms with Gasteiger partial charge in [0.25, 0.3) is 0 Å². The fraction of sp³-hybridized carbons (Fsp3) is 0.538. The molecule has 0 saturated carbocycles. The van der Waals surface area contributed by atoms with E-state index in [0.29, 0.717) is 18.8 Å². The standard InChI is InChI=1S/C13H19N3O2/c1-10(2)12(15)13(17)16(7-4-6-14)9-11-5-3-8-18-11/h3,5,8,10,12H,4,7,9,15H2,1-2H3. The molecule has 1 atom stereocenters. The van der Waals surface area contributed by atoms with Gasteiger partial charge in [-0.2, -0.15) is 5.26 Å². The van der Waals surface area contributed by atoms with Crippen molar-refractivity contribution in [2.45, 2.75) is 32.9 Å². The van der Waals surface area contributed by atoms with Crippen LogP contribution in [0.15, 0.2) is 22.8 Å². The summed E-state index contributed by atoms with van der Waals surface area (Å²) in [5.41, 5.74) is 5.86. The lowest BCUT2D eigenvalue weighted by atomic mass is 10.0. The van der Waals surface area contributed by atoms with Crippen molar-refractivity contribution in [2.75, 3.05) is 6.54 Å². The lowest BCUT2D eigenvalue weighted by molar-refractivity contribution is -0.134. The molecule has 1 amide bonds. The molecule has 1 heterocycles. The second-order valence-electron chi connectivity index (χ2n) is 4.52. The SMILES string of the molecule is CC(C)C(N)C(=O)N(CCC#N)Cc1ccco1. The molecule has 2 N–H and O–H groups in total. The Kier molecular flexibility index (Phi) is 5.40. The van der Waals surface area contributed by atoms with Gasteiger partial charge in [-0.05, 0) is 18.1 Å². The van der Waals surface area contributed by atoms with E-state index in [4.69, 9.17) is 15.4 Å². The van der Waals surface area contributed by atoms with Crippen LogP contribution >= 0.6 is 0 Å². The molecule has 1 aromatic heterocycles. The van der Waals surface area contributed by atoms with Crippen LogP contribution in [0.4, 0.5) is 0 Å². The van der Waals surface area contributed by atoms with Gasteiger partial charge in [0.05, 0.1) is 31.3 Å². The molecule has 5 nitrogen and oxygen atoms in total. The first-order valence-electron chi connectivity index (χ1n) is 6.00. The summed E-state index contributed by atoms with van der Waals surface area (Å²) in [7, 11) is 0. The van der Waals surface area contributed by atoms with Crippen LogP contribution in [0.5, 0.6) is 0 Å². The summed E-state index contributed by atoms with van der Waals surface area (Å²) in [4.78, 5) is 13.7. The van der Waals surface area contributed by atoms with E-state index in [1.807, 2.05) is 19.9 Å². The molecule has 18 heavy (non-hydrogen) atoms. The summed E-state index contributed by atoms with van der Waals surface area (Å²) in [6, 6.07) is 5.06. The van der Waals surface area contributed by atoms with E-state index in [-0.39, 0.29) is 18.2 Å². The number of amides is 1. The zero-order chi connectivity index (χ0) is 13.5. The van der Waals surface area contributed by atoms with Gasteiger partial charge in [0.2, 0.25) is 5.91 Å². The van der Waals surface area contributed by atoms with Crippen LogP contribution in [-0.4, -0.2) is 23.4 Å². The van der Waals surface area contributed by atoms with Crippen molar-refractivity contribution in [3.63, 3.8) is 0 Å². The quantitative estimate of drug-likeness (QED) is 0.828. The average molecular weight is 249 g/mol. The number of carbonyl (C=O) groups is 1. The van der Waals surface area contributed by atoms with E-state index in [9.17, 15) is 4.79 Å². The maximum absolute atomic E-state index is 12.2. The molecule has 1 rings (SSSR count). The Morgan fingerprint density at radius 3 is 2.83 bits per heavy atom. The van der Waals surface area contributed by atoms with Crippen molar-refractivity contribution in [1.29, 1.82) is 5.26 Å². The number of nitriles is 1. The summed E-state index contributed by atoms with van der Waals surface area (Å²) in [6.45, 7) is 4.53. The fourth-order valence-electron chi connectivity index (χ4n) is 1.54. The third-order valence-electron chi connectivity index (χ3n) is 2.74. The molecule has 98 valence electrons. The molecule has 0 aliphatic rings. The van der Waals surface area contributed by atoms with Crippen LogP contribution in [0.2, 0.25) is 0 Å². The Hall–Kier alpha value is -1.80. The number of hydrogen-bond acceptors (Lipinski definition) is 4. The van der Waals surface area contributed by atoms with Crippen LogP contribution < -0.4 is 5.73 Å². The van der Waals surface area contributed by atoms with Crippen molar-refractivity contribution < 1.29 is 9.21 Å². The fourth-order valence-corrected chi connectivity index (χ4v) is 1.54. The van der Waals surface area contributed by atoms with Gasteiger partial charge in [0.15, 0.2) is 0 Å². The molecule has 5 heteroatoms. The lowest BCUT2D eigenvalue weighted by Gasteiger charge is -2.25. The number of rotatable bonds is 6. The molecule has 0 spiro atoms. The van der Waals surface area contributed by atoms with Gasteiger partial charge in [-0.15, -0.1) is 0 Å². The highest BCUT2D eigenvalue weighted by Crippen LogP contribution is 2.10. The van der Waals surface area contributed by atoms with E-state index in [2.05, 4.69) is 0 Å². The molecule has 0 bridgehead atoms. The highest BCUT2D eigenvalue weighted by molar-refractivity contribution is 5.81. The number of carbonyl (C=O) groups excluding carboxylic acids is 1. The van der Waals surface area contributed by atoms with Gasteiger partial charge < -0.3 is 15.1 Å². The second kappa shape index (κ2) is 6.82. The van der Waals surface area contributed by atoms with Gasteiger partial charge in [-0.3, -0.25) is 4.79 Å². The normalized spacial score (nSPS) is 12.2. The Balaban J connectivity index is 2.71. The minimum absolute atomic E-state index is 0.0682. The molecular weight excluding hydrogens is 230 g/mol. The third-order valence-corrected chi connectivity index (χ3v) is 2.74. The van der Waals surface area contributed by atoms with Gasteiger partial charge in [0, 0.05) is 6.54 Å². The summed E-state index contributed by atoms with van der Waals surface area (Å²) in [5, 5.41) is 8.63. The molecule has 1 aromatic rings. The number of hydrogen-bond donors (Lipinski definition) is 1. The second-order valence-corrected chi connectivity index (χ2v) is 4.52. The molecule has 0 aliphatic carbocycles. The first-order chi connectivity index (χ1) is 8.56. The molecule has 0 saturated heterocycles. The minimum Gasteiger partial charge on any atom is -0.467 e. The van der Waals surface area contributed by atoms with E-state index >= 15 is 0 Å². The zero-order valence-corrected chi connectivity index (χ0v) is 10.8. The lowest BCUT2D eigenvalue weighted by Crippen LogP contribution is -2.46. The summed E-state index contributed by atoms with van der Waals surface area (Å²) in [5.74, 6) is 0.618. The average Bonchev–Trinajstić information content (AvgIpc) is 2.85. The van der Waals surface area contributed by atoms with Crippen molar-refractivity contribution in [3.8, 4) is 6.07 Å². The molecule has 0 aromatic carbocycles. The van der Waals surface area contributed by atoms with E-state index < -0.39 is 6.04 Å². The number of nitrogens with zero attached hydrogens (tertiary/aromatic N) is 2. The minimum atomic E-state index is -0.543. The van der Waals surface area contributed by atoms with E-state index in [1.165, 1.54) is 0 Å². The Morgan fingerprint density at radius 1 is 1.61 bits per heavy atom. The summed E-state index contributed by atoms with van der Waals surface area (Å²) in [6.07, 6.45) is 1.85. The Morgan fingerprint density at radius 2 is 2.33 bits per heavy atom. The zero-order valence-electron chi connectivity index (χ0n) is 10.8. The predicted octanol–water partition coefficient (Wildman–Crippen LogP) is 1.51. The molecule has 1 unspecified atom stereocenters. The Bertz CT molecular complexity index is 406. The molecule has 0 fully saturated rings. The van der Waals surface area contributed by atoms with E-state index in [1.54, 1.807) is 23.3 Å². The summed E-state index contributed by atoms with van der Waals surface area (Å²) >= 11 is 0. The van der Waals surface area contributed by atoms with Crippen LogP contribution in [0, 0.1) is 17.2 Å². The largest absolute Gasteiger partial charge is 0.467 e. The number of nitrogens with two attached hydrogens (primary N) is 1. The van der Waals surface area contributed by atoms with Crippen LogP contribution in [0.3, 0.4) is 0 Å². The summed E-state index contributed by atoms with van der Waals surface area (Å²) < 4.78 is 5.22. The molecule has 0 radical (unpaired) electrons. The molecule has 0 aliphatic heterocycles. The maximum Gasteiger partial charge on any atom is 0.240 e. The third kappa shape index (κ3) is 3.90. The Labute approximate surface area is 107 Å². The van der Waals surface area contributed by atoms with Crippen molar-refractivity contribution in [2.24, 2.45) is 11.7 Å². The maximum atomic E-state index is 12.2. The topological polar surface area (TPSA) is 83.3 Å². The van der Waals surface area contributed by atoms with Crippen molar-refractivity contribution >= 4 is 5.91 Å². The monoisotopic (exact) mass is 249 g/mol. The van der Waals surface area contributed by atoms with Gasteiger partial charge in [-0.1, -0.05) is 13.8 Å². The van der Waals surface area contributed by atoms with Crippen LogP contribution in [0.1, 0.15) is 26.0 Å². The highest BCUT2D eigenvalue weighted by Gasteiger charge is 2.23. The van der Waals surface area contributed by atoms with Crippen molar-refractivity contribution in [1.82, 2.24) is 4.90 Å². The predicted molar refractivity (Wildman–Crippen MR) is 67.2 cm³/mol. The number of furan rings is 1. The highest BCUT2D eigenvalue weighted by atomic mass is 16.3. The van der Waals surface area contributed by atoms with Gasteiger partial charge in [-0.25, -0.2) is 0 Å². The van der Waals surface area contributed by atoms with Gasteiger partial charge in [0.1, 0.15) is 5.76 Å². The van der Waals surface area contributed by atoms with Crippen molar-refractivity contribution in [3.05, 3.63) is 24.2 Å². The first kappa shape index (κ1) is 14.3. The van der Waals surface area contributed by atoms with Gasteiger partial charge >= 0.3 is 0 Å². The van der Waals surface area contributed by atoms with Crippen LogP contribution in [-0.2, 0) is 11.3 Å².